The van der Waals surface area contributed by atoms with Crippen LogP contribution in [-0.4, -0.2) is 18.5 Å². The highest BCUT2D eigenvalue weighted by Crippen LogP contribution is 2.15. The predicted octanol–water partition coefficient (Wildman–Crippen LogP) is 1.42. The molecule has 1 aromatic rings. The number of carbonyl (C=O) groups excluding carboxylic acids is 1. The first-order valence-electron chi connectivity index (χ1n) is 5.29. The van der Waals surface area contributed by atoms with Crippen LogP contribution in [0.4, 0.5) is 0 Å². The van der Waals surface area contributed by atoms with Crippen LogP contribution in [0.5, 0.6) is 0 Å². The molecule has 1 aliphatic rings. The molecule has 1 saturated heterocycles. The lowest BCUT2D eigenvalue weighted by Gasteiger charge is -2.10. The SMILES string of the molecule is Cc1ccsc1CNCC1CCC(=O)N1. The summed E-state index contributed by atoms with van der Waals surface area (Å²) in [6.07, 6.45) is 1.65. The van der Waals surface area contributed by atoms with Crippen molar-refractivity contribution >= 4 is 17.2 Å². The van der Waals surface area contributed by atoms with Crippen molar-refractivity contribution < 1.29 is 4.79 Å². The van der Waals surface area contributed by atoms with E-state index in [2.05, 4.69) is 29.0 Å². The third-order valence-corrected chi connectivity index (χ3v) is 3.75. The molecule has 0 saturated carbocycles. The van der Waals surface area contributed by atoms with Crippen LogP contribution in [0.2, 0.25) is 0 Å². The van der Waals surface area contributed by atoms with Gasteiger partial charge in [0.25, 0.3) is 0 Å². The third kappa shape index (κ3) is 2.79. The fourth-order valence-electron chi connectivity index (χ4n) is 1.78. The first kappa shape index (κ1) is 10.6. The Morgan fingerprint density at radius 2 is 2.53 bits per heavy atom. The molecule has 2 rings (SSSR count). The van der Waals surface area contributed by atoms with Gasteiger partial charge in [0.15, 0.2) is 0 Å². The topological polar surface area (TPSA) is 41.1 Å². The second-order valence-corrected chi connectivity index (χ2v) is 4.96. The van der Waals surface area contributed by atoms with Crippen LogP contribution in [0.15, 0.2) is 11.4 Å². The van der Waals surface area contributed by atoms with E-state index in [0.717, 1.165) is 19.5 Å². The lowest BCUT2D eigenvalue weighted by Crippen LogP contribution is -2.35. The Kier molecular flexibility index (Phi) is 3.38. The Labute approximate surface area is 93.9 Å². The molecule has 2 heterocycles. The summed E-state index contributed by atoms with van der Waals surface area (Å²) in [6.45, 7) is 3.92. The Morgan fingerprint density at radius 3 is 3.13 bits per heavy atom. The Hall–Kier alpha value is -0.870. The van der Waals surface area contributed by atoms with E-state index in [1.165, 1.54) is 10.4 Å². The molecule has 3 nitrogen and oxygen atoms in total. The van der Waals surface area contributed by atoms with E-state index >= 15 is 0 Å². The lowest BCUT2D eigenvalue weighted by atomic mass is 10.2. The molecule has 1 aliphatic heterocycles. The molecule has 1 amide bonds. The van der Waals surface area contributed by atoms with Crippen molar-refractivity contribution in [2.24, 2.45) is 0 Å². The van der Waals surface area contributed by atoms with Crippen LogP contribution in [-0.2, 0) is 11.3 Å². The summed E-state index contributed by atoms with van der Waals surface area (Å²) in [5.74, 6) is 0.189. The van der Waals surface area contributed by atoms with Crippen molar-refractivity contribution in [2.75, 3.05) is 6.54 Å². The maximum Gasteiger partial charge on any atom is 0.220 e. The minimum absolute atomic E-state index is 0.189. The predicted molar refractivity (Wildman–Crippen MR) is 61.9 cm³/mol. The summed E-state index contributed by atoms with van der Waals surface area (Å²) in [5, 5.41) is 8.45. The summed E-state index contributed by atoms with van der Waals surface area (Å²) in [7, 11) is 0. The van der Waals surface area contributed by atoms with Gasteiger partial charge in [0.05, 0.1) is 0 Å². The second-order valence-electron chi connectivity index (χ2n) is 3.96. The fourth-order valence-corrected chi connectivity index (χ4v) is 2.65. The van der Waals surface area contributed by atoms with E-state index in [0.29, 0.717) is 12.5 Å². The van der Waals surface area contributed by atoms with Gasteiger partial charge in [-0.15, -0.1) is 11.3 Å². The molecule has 1 aromatic heterocycles. The van der Waals surface area contributed by atoms with E-state index in [1.807, 2.05) is 0 Å². The zero-order valence-corrected chi connectivity index (χ0v) is 9.69. The van der Waals surface area contributed by atoms with Crippen molar-refractivity contribution in [2.45, 2.75) is 32.4 Å². The molecule has 0 bridgehead atoms. The smallest absolute Gasteiger partial charge is 0.220 e. The Morgan fingerprint density at radius 1 is 1.67 bits per heavy atom. The zero-order chi connectivity index (χ0) is 10.7. The fraction of sp³-hybridized carbons (Fsp3) is 0.545. The van der Waals surface area contributed by atoms with Crippen LogP contribution in [0.25, 0.3) is 0 Å². The van der Waals surface area contributed by atoms with Crippen LogP contribution < -0.4 is 10.6 Å². The van der Waals surface area contributed by atoms with Crippen molar-refractivity contribution in [1.82, 2.24) is 10.6 Å². The average molecular weight is 224 g/mol. The standard InChI is InChI=1S/C11H16N2OS/c1-8-4-5-15-10(8)7-12-6-9-2-3-11(14)13-9/h4-5,9,12H,2-3,6-7H2,1H3,(H,13,14). The molecule has 15 heavy (non-hydrogen) atoms. The van der Waals surface area contributed by atoms with Gasteiger partial charge >= 0.3 is 0 Å². The minimum atomic E-state index is 0.189. The van der Waals surface area contributed by atoms with Gasteiger partial charge in [-0.05, 0) is 30.4 Å². The average Bonchev–Trinajstić information content (AvgIpc) is 2.77. The van der Waals surface area contributed by atoms with E-state index < -0.39 is 0 Å². The molecule has 0 aromatic carbocycles. The molecule has 0 aliphatic carbocycles. The van der Waals surface area contributed by atoms with Gasteiger partial charge in [-0.25, -0.2) is 0 Å². The van der Waals surface area contributed by atoms with Crippen molar-refractivity contribution in [3.05, 3.63) is 21.9 Å². The molecule has 1 unspecified atom stereocenters. The van der Waals surface area contributed by atoms with E-state index in [1.54, 1.807) is 11.3 Å². The molecular formula is C11H16N2OS. The number of nitrogens with one attached hydrogen (secondary N) is 2. The monoisotopic (exact) mass is 224 g/mol. The number of hydrogen-bond donors (Lipinski definition) is 2. The Balaban J connectivity index is 1.71. The van der Waals surface area contributed by atoms with E-state index in [4.69, 9.17) is 0 Å². The van der Waals surface area contributed by atoms with E-state index in [9.17, 15) is 4.79 Å². The zero-order valence-electron chi connectivity index (χ0n) is 8.88. The summed E-state index contributed by atoms with van der Waals surface area (Å²) in [4.78, 5) is 12.4. The second kappa shape index (κ2) is 4.77. The van der Waals surface area contributed by atoms with Gasteiger partial charge in [-0.2, -0.15) is 0 Å². The van der Waals surface area contributed by atoms with Crippen LogP contribution in [0.1, 0.15) is 23.3 Å². The number of thiophene rings is 1. The molecule has 2 N–H and O–H groups in total. The van der Waals surface area contributed by atoms with Gasteiger partial charge in [0.1, 0.15) is 0 Å². The normalized spacial score (nSPS) is 20.6. The first-order chi connectivity index (χ1) is 7.25. The molecule has 0 radical (unpaired) electrons. The van der Waals surface area contributed by atoms with Gasteiger partial charge in [-0.3, -0.25) is 4.79 Å². The largest absolute Gasteiger partial charge is 0.352 e. The minimum Gasteiger partial charge on any atom is -0.352 e. The first-order valence-corrected chi connectivity index (χ1v) is 6.16. The van der Waals surface area contributed by atoms with Crippen LogP contribution >= 0.6 is 11.3 Å². The number of aryl methyl sites for hydroxylation is 1. The molecule has 4 heteroatoms. The number of amides is 1. The quantitative estimate of drug-likeness (QED) is 0.812. The highest BCUT2D eigenvalue weighted by Gasteiger charge is 2.19. The highest BCUT2D eigenvalue weighted by atomic mass is 32.1. The summed E-state index contributed by atoms with van der Waals surface area (Å²) >= 11 is 1.78. The maximum absolute atomic E-state index is 11.0. The lowest BCUT2D eigenvalue weighted by molar-refractivity contribution is -0.119. The third-order valence-electron chi connectivity index (χ3n) is 2.73. The van der Waals surface area contributed by atoms with Gasteiger partial charge < -0.3 is 10.6 Å². The number of carbonyl (C=O) groups is 1. The highest BCUT2D eigenvalue weighted by molar-refractivity contribution is 7.10. The van der Waals surface area contributed by atoms with E-state index in [-0.39, 0.29) is 5.91 Å². The Bertz CT molecular complexity index is 348. The molecule has 0 spiro atoms. The maximum atomic E-state index is 11.0. The molecule has 1 atom stereocenters. The van der Waals surface area contributed by atoms with Crippen LogP contribution in [0, 0.1) is 6.92 Å². The van der Waals surface area contributed by atoms with Gasteiger partial charge in [0, 0.05) is 30.4 Å². The summed E-state index contributed by atoms with van der Waals surface area (Å²) < 4.78 is 0. The summed E-state index contributed by atoms with van der Waals surface area (Å²) in [5.41, 5.74) is 1.35. The van der Waals surface area contributed by atoms with Gasteiger partial charge in [0.2, 0.25) is 5.91 Å². The number of hydrogen-bond acceptors (Lipinski definition) is 3. The molecule has 82 valence electrons. The van der Waals surface area contributed by atoms with Crippen molar-refractivity contribution in [3.63, 3.8) is 0 Å². The van der Waals surface area contributed by atoms with Crippen molar-refractivity contribution in [3.8, 4) is 0 Å². The van der Waals surface area contributed by atoms with Gasteiger partial charge in [-0.1, -0.05) is 0 Å². The summed E-state index contributed by atoms with van der Waals surface area (Å²) in [6, 6.07) is 2.47. The molecular weight excluding hydrogens is 208 g/mol. The molecule has 1 fully saturated rings. The van der Waals surface area contributed by atoms with Crippen molar-refractivity contribution in [1.29, 1.82) is 0 Å². The number of rotatable bonds is 4. The van der Waals surface area contributed by atoms with Crippen LogP contribution in [0.3, 0.4) is 0 Å².